The monoisotopic (exact) mass is 380 g/mol. The molecule has 0 spiro atoms. The molecule has 0 unspecified atom stereocenters. The van der Waals surface area contributed by atoms with Crippen LogP contribution in [0.4, 0.5) is 0 Å². The minimum atomic E-state index is 0.210. The highest BCUT2D eigenvalue weighted by Gasteiger charge is 2.28. The van der Waals surface area contributed by atoms with Crippen molar-refractivity contribution >= 4 is 0 Å². The van der Waals surface area contributed by atoms with E-state index in [1.54, 1.807) is 13.2 Å². The Kier molecular flexibility index (Phi) is 6.18. The lowest BCUT2D eigenvalue weighted by molar-refractivity contribution is 0.0726. The van der Waals surface area contributed by atoms with Crippen LogP contribution in [0.3, 0.4) is 0 Å². The first-order chi connectivity index (χ1) is 13.7. The first kappa shape index (κ1) is 19.3. The van der Waals surface area contributed by atoms with Crippen molar-refractivity contribution in [3.63, 3.8) is 0 Å². The SMILES string of the molecule is COc1cc(CN2CCN(C3CCC(c4ccccc4)CC3)CC2)ccc1O. The number of hydrogen-bond acceptors (Lipinski definition) is 4. The van der Waals surface area contributed by atoms with Crippen molar-refractivity contribution in [1.82, 2.24) is 9.80 Å². The average Bonchev–Trinajstić information content (AvgIpc) is 2.76. The Balaban J connectivity index is 1.25. The molecule has 2 fully saturated rings. The second-order valence-corrected chi connectivity index (χ2v) is 8.23. The minimum absolute atomic E-state index is 0.210. The van der Waals surface area contributed by atoms with Gasteiger partial charge in [0.1, 0.15) is 0 Å². The maximum atomic E-state index is 9.77. The van der Waals surface area contributed by atoms with E-state index < -0.39 is 0 Å². The van der Waals surface area contributed by atoms with Gasteiger partial charge in [-0.05, 0) is 54.9 Å². The summed E-state index contributed by atoms with van der Waals surface area (Å²) < 4.78 is 5.24. The predicted molar refractivity (Wildman–Crippen MR) is 113 cm³/mol. The third kappa shape index (κ3) is 4.50. The van der Waals surface area contributed by atoms with Gasteiger partial charge in [-0.3, -0.25) is 9.80 Å². The highest BCUT2D eigenvalue weighted by molar-refractivity contribution is 5.41. The zero-order valence-corrected chi connectivity index (χ0v) is 16.9. The molecule has 0 aromatic heterocycles. The van der Waals surface area contributed by atoms with E-state index in [0.717, 1.165) is 44.7 Å². The quantitative estimate of drug-likeness (QED) is 0.841. The summed E-state index contributed by atoms with van der Waals surface area (Å²) in [6.45, 7) is 5.47. The van der Waals surface area contributed by atoms with Crippen molar-refractivity contribution < 1.29 is 9.84 Å². The maximum Gasteiger partial charge on any atom is 0.160 e. The molecule has 1 heterocycles. The van der Waals surface area contributed by atoms with Gasteiger partial charge in [-0.15, -0.1) is 0 Å². The largest absolute Gasteiger partial charge is 0.504 e. The van der Waals surface area contributed by atoms with Crippen LogP contribution in [0, 0.1) is 0 Å². The standard InChI is InChI=1S/C24H32N2O2/c1-28-24-17-19(7-12-23(24)27)18-25-13-15-26(16-14-25)22-10-8-21(9-11-22)20-5-3-2-4-6-20/h2-7,12,17,21-22,27H,8-11,13-16,18H2,1H3. The Hall–Kier alpha value is -2.04. The Labute approximate surface area is 168 Å². The molecule has 4 heteroatoms. The van der Waals surface area contributed by atoms with Crippen LogP contribution in [-0.2, 0) is 6.54 Å². The molecule has 1 saturated heterocycles. The van der Waals surface area contributed by atoms with Crippen LogP contribution < -0.4 is 4.74 Å². The summed E-state index contributed by atoms with van der Waals surface area (Å²) in [7, 11) is 1.60. The fourth-order valence-corrected chi connectivity index (χ4v) is 4.86. The molecule has 1 N–H and O–H groups in total. The number of ether oxygens (including phenoxy) is 1. The molecule has 0 amide bonds. The van der Waals surface area contributed by atoms with Gasteiger partial charge in [0.25, 0.3) is 0 Å². The van der Waals surface area contributed by atoms with Crippen molar-refractivity contribution in [2.75, 3.05) is 33.3 Å². The molecule has 150 valence electrons. The molecule has 0 radical (unpaired) electrons. The summed E-state index contributed by atoms with van der Waals surface area (Å²) in [6, 6.07) is 17.5. The fourth-order valence-electron chi connectivity index (χ4n) is 4.86. The maximum absolute atomic E-state index is 9.77. The number of phenols is 1. The Bertz CT molecular complexity index is 748. The van der Waals surface area contributed by atoms with E-state index in [4.69, 9.17) is 4.74 Å². The smallest absolute Gasteiger partial charge is 0.160 e. The van der Waals surface area contributed by atoms with E-state index >= 15 is 0 Å². The van der Waals surface area contributed by atoms with E-state index in [9.17, 15) is 5.11 Å². The number of hydrogen-bond donors (Lipinski definition) is 1. The molecule has 2 aliphatic rings. The highest BCUT2D eigenvalue weighted by atomic mass is 16.5. The zero-order valence-electron chi connectivity index (χ0n) is 16.9. The molecule has 2 aromatic rings. The van der Waals surface area contributed by atoms with Gasteiger partial charge in [0, 0.05) is 38.8 Å². The average molecular weight is 381 g/mol. The van der Waals surface area contributed by atoms with E-state index in [1.165, 1.54) is 36.8 Å². The molecule has 0 bridgehead atoms. The fraction of sp³-hybridized carbons (Fsp3) is 0.500. The normalized spacial score (nSPS) is 24.2. The molecule has 4 nitrogen and oxygen atoms in total. The van der Waals surface area contributed by atoms with Crippen molar-refractivity contribution in [3.8, 4) is 11.5 Å². The summed E-state index contributed by atoms with van der Waals surface area (Å²) in [5.41, 5.74) is 2.72. The minimum Gasteiger partial charge on any atom is -0.504 e. The van der Waals surface area contributed by atoms with Crippen LogP contribution in [-0.4, -0.2) is 54.2 Å². The number of phenolic OH excluding ortho intramolecular Hbond substituents is 1. The molecule has 1 aliphatic heterocycles. The molecule has 1 saturated carbocycles. The van der Waals surface area contributed by atoms with Gasteiger partial charge in [0.05, 0.1) is 7.11 Å². The third-order valence-corrected chi connectivity index (χ3v) is 6.54. The number of benzene rings is 2. The van der Waals surface area contributed by atoms with Gasteiger partial charge < -0.3 is 9.84 Å². The van der Waals surface area contributed by atoms with Crippen LogP contribution in [0.1, 0.15) is 42.7 Å². The summed E-state index contributed by atoms with van der Waals surface area (Å²) >= 11 is 0. The number of piperazine rings is 1. The first-order valence-corrected chi connectivity index (χ1v) is 10.6. The van der Waals surface area contributed by atoms with Crippen molar-refractivity contribution in [2.24, 2.45) is 0 Å². The van der Waals surface area contributed by atoms with Crippen LogP contribution in [0.2, 0.25) is 0 Å². The number of methoxy groups -OCH3 is 1. The summed E-state index contributed by atoms with van der Waals surface area (Å²) in [4.78, 5) is 5.23. The predicted octanol–water partition coefficient (Wildman–Crippen LogP) is 4.24. The second-order valence-electron chi connectivity index (χ2n) is 8.23. The van der Waals surface area contributed by atoms with E-state index in [-0.39, 0.29) is 5.75 Å². The number of nitrogens with zero attached hydrogens (tertiary/aromatic N) is 2. The topological polar surface area (TPSA) is 35.9 Å². The van der Waals surface area contributed by atoms with Gasteiger partial charge in [-0.25, -0.2) is 0 Å². The molecular weight excluding hydrogens is 348 g/mol. The molecule has 1 aliphatic carbocycles. The van der Waals surface area contributed by atoms with E-state index in [0.29, 0.717) is 5.75 Å². The lowest BCUT2D eigenvalue weighted by Crippen LogP contribution is -2.50. The second kappa shape index (κ2) is 8.97. The molecule has 2 aromatic carbocycles. The molecule has 28 heavy (non-hydrogen) atoms. The lowest BCUT2D eigenvalue weighted by Gasteiger charge is -2.42. The molecule has 4 rings (SSSR count). The highest BCUT2D eigenvalue weighted by Crippen LogP contribution is 2.35. The van der Waals surface area contributed by atoms with Gasteiger partial charge in [-0.2, -0.15) is 0 Å². The number of rotatable bonds is 5. The Morgan fingerprint density at radius 1 is 0.929 bits per heavy atom. The van der Waals surface area contributed by atoms with Crippen LogP contribution in [0.5, 0.6) is 11.5 Å². The van der Waals surface area contributed by atoms with Gasteiger partial charge >= 0.3 is 0 Å². The van der Waals surface area contributed by atoms with Crippen molar-refractivity contribution in [3.05, 3.63) is 59.7 Å². The van der Waals surface area contributed by atoms with E-state index in [1.807, 2.05) is 12.1 Å². The summed E-state index contributed by atoms with van der Waals surface area (Å²) in [5.74, 6) is 1.52. The van der Waals surface area contributed by atoms with Gasteiger partial charge in [-0.1, -0.05) is 36.4 Å². The van der Waals surface area contributed by atoms with Crippen molar-refractivity contribution in [1.29, 1.82) is 0 Å². The zero-order chi connectivity index (χ0) is 19.3. The third-order valence-electron chi connectivity index (χ3n) is 6.54. The Morgan fingerprint density at radius 3 is 2.32 bits per heavy atom. The van der Waals surface area contributed by atoms with Crippen LogP contribution in [0.25, 0.3) is 0 Å². The Morgan fingerprint density at radius 2 is 1.64 bits per heavy atom. The van der Waals surface area contributed by atoms with Gasteiger partial charge in [0.15, 0.2) is 11.5 Å². The summed E-state index contributed by atoms with van der Waals surface area (Å²) in [5, 5.41) is 9.77. The lowest BCUT2D eigenvalue weighted by atomic mass is 9.81. The van der Waals surface area contributed by atoms with E-state index in [2.05, 4.69) is 40.1 Å². The molecular formula is C24H32N2O2. The van der Waals surface area contributed by atoms with Crippen LogP contribution >= 0.6 is 0 Å². The molecule has 0 atom stereocenters. The summed E-state index contributed by atoms with van der Waals surface area (Å²) in [6.07, 6.45) is 5.30. The first-order valence-electron chi connectivity index (χ1n) is 10.6. The van der Waals surface area contributed by atoms with Crippen molar-refractivity contribution in [2.45, 2.75) is 44.2 Å². The van der Waals surface area contributed by atoms with Gasteiger partial charge in [0.2, 0.25) is 0 Å². The van der Waals surface area contributed by atoms with Crippen LogP contribution in [0.15, 0.2) is 48.5 Å². The number of aromatic hydroxyl groups is 1.